The van der Waals surface area contributed by atoms with E-state index in [2.05, 4.69) is 10.6 Å². The van der Waals surface area contributed by atoms with Gasteiger partial charge in [-0.05, 0) is 80.8 Å². The van der Waals surface area contributed by atoms with E-state index in [-0.39, 0.29) is 11.9 Å². The van der Waals surface area contributed by atoms with Crippen LogP contribution in [-0.4, -0.2) is 18.5 Å². The molecule has 0 aliphatic heterocycles. The normalized spacial score (nSPS) is 36.0. The summed E-state index contributed by atoms with van der Waals surface area (Å²) in [5.41, 5.74) is 1.36. The lowest BCUT2D eigenvalue weighted by atomic mass is 9.49. The Morgan fingerprint density at radius 2 is 1.65 bits per heavy atom. The van der Waals surface area contributed by atoms with E-state index in [1.807, 2.05) is 37.3 Å². The molecule has 0 spiro atoms. The zero-order valence-electron chi connectivity index (χ0n) is 14.1. The van der Waals surface area contributed by atoms with Crippen LogP contribution in [0, 0.1) is 23.2 Å². The first kappa shape index (κ1) is 15.2. The SMILES string of the molecule is C[C@H](NCC12CC3CC(CC(C3)C1)C2)C(=O)Nc1ccccc1. The summed E-state index contributed by atoms with van der Waals surface area (Å²) in [7, 11) is 0. The van der Waals surface area contributed by atoms with Gasteiger partial charge in [0.05, 0.1) is 6.04 Å². The number of amides is 1. The van der Waals surface area contributed by atoms with Crippen LogP contribution in [0.2, 0.25) is 0 Å². The average molecular weight is 312 g/mol. The van der Waals surface area contributed by atoms with Gasteiger partial charge >= 0.3 is 0 Å². The summed E-state index contributed by atoms with van der Waals surface area (Å²) < 4.78 is 0. The first-order valence-electron chi connectivity index (χ1n) is 9.21. The fourth-order valence-electron chi connectivity index (χ4n) is 5.74. The lowest BCUT2D eigenvalue weighted by molar-refractivity contribution is -0.118. The van der Waals surface area contributed by atoms with Crippen LogP contribution in [0.3, 0.4) is 0 Å². The van der Waals surface area contributed by atoms with Crippen molar-refractivity contribution < 1.29 is 4.79 Å². The van der Waals surface area contributed by atoms with E-state index < -0.39 is 0 Å². The molecule has 5 rings (SSSR count). The molecular weight excluding hydrogens is 284 g/mol. The van der Waals surface area contributed by atoms with Gasteiger partial charge in [-0.25, -0.2) is 0 Å². The van der Waals surface area contributed by atoms with Crippen molar-refractivity contribution in [2.24, 2.45) is 23.2 Å². The van der Waals surface area contributed by atoms with Crippen LogP contribution in [0.15, 0.2) is 30.3 Å². The molecule has 0 unspecified atom stereocenters. The van der Waals surface area contributed by atoms with E-state index in [0.717, 1.165) is 30.0 Å². The summed E-state index contributed by atoms with van der Waals surface area (Å²) in [6.07, 6.45) is 8.59. The van der Waals surface area contributed by atoms with E-state index in [9.17, 15) is 4.79 Å². The molecule has 4 aliphatic rings. The first-order chi connectivity index (χ1) is 11.1. The number of hydrogen-bond acceptors (Lipinski definition) is 2. The highest BCUT2D eigenvalue weighted by atomic mass is 16.2. The Bertz CT molecular complexity index is 533. The second-order valence-corrected chi connectivity index (χ2v) is 8.38. The summed E-state index contributed by atoms with van der Waals surface area (Å²) in [6, 6.07) is 9.59. The van der Waals surface area contributed by atoms with Crippen LogP contribution in [-0.2, 0) is 4.79 Å². The van der Waals surface area contributed by atoms with Crippen LogP contribution >= 0.6 is 0 Å². The Hall–Kier alpha value is -1.35. The molecule has 0 saturated heterocycles. The van der Waals surface area contributed by atoms with Crippen molar-refractivity contribution in [1.29, 1.82) is 0 Å². The molecule has 4 bridgehead atoms. The standard InChI is InChI=1S/C20H28N2O/c1-14(19(23)22-18-5-3-2-4-6-18)21-13-20-10-15-7-16(11-20)9-17(8-15)12-20/h2-6,14-17,21H,7-13H2,1H3,(H,22,23)/t14-,15?,16?,17?,20?/m0/s1. The summed E-state index contributed by atoms with van der Waals surface area (Å²) in [5.74, 6) is 2.98. The van der Waals surface area contributed by atoms with Crippen molar-refractivity contribution in [3.8, 4) is 0 Å². The van der Waals surface area contributed by atoms with Gasteiger partial charge < -0.3 is 10.6 Å². The fourth-order valence-corrected chi connectivity index (χ4v) is 5.74. The maximum Gasteiger partial charge on any atom is 0.241 e. The summed E-state index contributed by atoms with van der Waals surface area (Å²) >= 11 is 0. The number of carbonyl (C=O) groups excluding carboxylic acids is 1. The third-order valence-electron chi connectivity index (χ3n) is 6.38. The Morgan fingerprint density at radius 1 is 1.09 bits per heavy atom. The highest BCUT2D eigenvalue weighted by molar-refractivity contribution is 5.94. The summed E-state index contributed by atoms with van der Waals surface area (Å²) in [5, 5.41) is 6.55. The Morgan fingerprint density at radius 3 is 2.22 bits per heavy atom. The average Bonchev–Trinajstić information content (AvgIpc) is 2.52. The third kappa shape index (κ3) is 3.16. The molecule has 0 radical (unpaired) electrons. The van der Waals surface area contributed by atoms with Crippen LogP contribution in [0.5, 0.6) is 0 Å². The molecule has 0 aromatic heterocycles. The van der Waals surface area contributed by atoms with Crippen LogP contribution in [0.4, 0.5) is 5.69 Å². The largest absolute Gasteiger partial charge is 0.325 e. The molecule has 124 valence electrons. The number of benzene rings is 1. The topological polar surface area (TPSA) is 41.1 Å². The molecule has 1 atom stereocenters. The van der Waals surface area contributed by atoms with Gasteiger partial charge in [-0.3, -0.25) is 4.79 Å². The van der Waals surface area contributed by atoms with Crippen LogP contribution in [0.25, 0.3) is 0 Å². The van der Waals surface area contributed by atoms with Crippen molar-refractivity contribution in [2.75, 3.05) is 11.9 Å². The van der Waals surface area contributed by atoms with Gasteiger partial charge in [-0.2, -0.15) is 0 Å². The number of hydrogen-bond donors (Lipinski definition) is 2. The lowest BCUT2D eigenvalue weighted by Gasteiger charge is -2.57. The van der Waals surface area contributed by atoms with Gasteiger partial charge in [0, 0.05) is 12.2 Å². The molecule has 1 amide bonds. The minimum Gasteiger partial charge on any atom is -0.325 e. The van der Waals surface area contributed by atoms with Crippen LogP contribution < -0.4 is 10.6 Å². The first-order valence-corrected chi connectivity index (χ1v) is 9.21. The maximum atomic E-state index is 12.4. The van der Waals surface area contributed by atoms with Crippen molar-refractivity contribution >= 4 is 11.6 Å². The van der Waals surface area contributed by atoms with E-state index in [4.69, 9.17) is 0 Å². The minimum atomic E-state index is -0.136. The maximum absolute atomic E-state index is 12.4. The minimum absolute atomic E-state index is 0.0703. The Balaban J connectivity index is 1.33. The smallest absolute Gasteiger partial charge is 0.241 e. The zero-order chi connectivity index (χ0) is 15.9. The van der Waals surface area contributed by atoms with Crippen molar-refractivity contribution in [3.63, 3.8) is 0 Å². The quantitative estimate of drug-likeness (QED) is 0.868. The van der Waals surface area contributed by atoms with Crippen LogP contribution in [0.1, 0.15) is 45.4 Å². The molecule has 4 aliphatic carbocycles. The number of nitrogens with one attached hydrogen (secondary N) is 2. The van der Waals surface area contributed by atoms with Gasteiger partial charge in [0.1, 0.15) is 0 Å². The molecule has 1 aromatic carbocycles. The number of para-hydroxylation sites is 1. The summed E-state index contributed by atoms with van der Waals surface area (Å²) in [4.78, 5) is 12.4. The molecule has 0 heterocycles. The van der Waals surface area contributed by atoms with E-state index >= 15 is 0 Å². The fraction of sp³-hybridized carbons (Fsp3) is 0.650. The van der Waals surface area contributed by atoms with Gasteiger partial charge in [-0.15, -0.1) is 0 Å². The molecule has 2 N–H and O–H groups in total. The molecular formula is C20H28N2O. The number of carbonyl (C=O) groups is 1. The van der Waals surface area contributed by atoms with Gasteiger partial charge in [0.25, 0.3) is 0 Å². The van der Waals surface area contributed by atoms with Crippen molar-refractivity contribution in [3.05, 3.63) is 30.3 Å². The molecule has 3 nitrogen and oxygen atoms in total. The number of anilines is 1. The molecule has 4 saturated carbocycles. The monoisotopic (exact) mass is 312 g/mol. The van der Waals surface area contributed by atoms with E-state index in [1.165, 1.54) is 38.5 Å². The lowest BCUT2D eigenvalue weighted by Crippen LogP contribution is -2.52. The predicted molar refractivity (Wildman–Crippen MR) is 93.1 cm³/mol. The van der Waals surface area contributed by atoms with Gasteiger partial charge in [0.15, 0.2) is 0 Å². The Kier molecular flexibility index (Phi) is 3.92. The second-order valence-electron chi connectivity index (χ2n) is 8.38. The molecule has 1 aromatic rings. The third-order valence-corrected chi connectivity index (χ3v) is 6.38. The number of rotatable bonds is 5. The van der Waals surface area contributed by atoms with E-state index in [1.54, 1.807) is 0 Å². The second kappa shape index (κ2) is 5.94. The van der Waals surface area contributed by atoms with Gasteiger partial charge in [0.2, 0.25) is 5.91 Å². The highest BCUT2D eigenvalue weighted by Crippen LogP contribution is 2.59. The van der Waals surface area contributed by atoms with Crippen molar-refractivity contribution in [1.82, 2.24) is 5.32 Å². The van der Waals surface area contributed by atoms with Crippen molar-refractivity contribution in [2.45, 2.75) is 51.5 Å². The van der Waals surface area contributed by atoms with E-state index in [0.29, 0.717) is 5.41 Å². The molecule has 4 fully saturated rings. The molecule has 23 heavy (non-hydrogen) atoms. The summed E-state index contributed by atoms with van der Waals surface area (Å²) in [6.45, 7) is 3.00. The van der Waals surface area contributed by atoms with Gasteiger partial charge in [-0.1, -0.05) is 18.2 Å². The zero-order valence-corrected chi connectivity index (χ0v) is 14.1. The highest BCUT2D eigenvalue weighted by Gasteiger charge is 2.50. The molecule has 3 heteroatoms. The predicted octanol–water partition coefficient (Wildman–Crippen LogP) is 3.82. The Labute approximate surface area is 139 Å².